The molecule has 0 aromatic carbocycles. The van der Waals surface area contributed by atoms with Crippen LogP contribution in [-0.2, 0) is 0 Å². The minimum Gasteiger partial charge on any atom is -0.314 e. The van der Waals surface area contributed by atoms with E-state index in [0.29, 0.717) is 5.41 Å². The van der Waals surface area contributed by atoms with Crippen molar-refractivity contribution in [1.29, 1.82) is 0 Å². The van der Waals surface area contributed by atoms with Crippen molar-refractivity contribution in [3.05, 3.63) is 0 Å². The molecule has 3 unspecified atom stereocenters. The molecule has 0 spiro atoms. The molecule has 0 heterocycles. The zero-order chi connectivity index (χ0) is 13.8. The summed E-state index contributed by atoms with van der Waals surface area (Å²) in [5.41, 5.74) is 0.405. The maximum Gasteiger partial charge on any atom is 0.0108 e. The van der Waals surface area contributed by atoms with Gasteiger partial charge in [0.15, 0.2) is 0 Å². The molecule has 108 valence electrons. The van der Waals surface area contributed by atoms with Gasteiger partial charge in [0.2, 0.25) is 0 Å². The molecule has 0 aromatic rings. The monoisotopic (exact) mass is 254 g/mol. The van der Waals surface area contributed by atoms with Gasteiger partial charge in [0, 0.05) is 19.1 Å². The number of hydrogen-bond donors (Lipinski definition) is 1. The lowest BCUT2D eigenvalue weighted by molar-refractivity contribution is 0.137. The van der Waals surface area contributed by atoms with Crippen LogP contribution < -0.4 is 5.32 Å². The van der Waals surface area contributed by atoms with E-state index in [9.17, 15) is 0 Å². The molecule has 1 N–H and O–H groups in total. The Morgan fingerprint density at radius 1 is 1.22 bits per heavy atom. The van der Waals surface area contributed by atoms with Gasteiger partial charge in [0.1, 0.15) is 0 Å². The summed E-state index contributed by atoms with van der Waals surface area (Å²) in [5, 5.41) is 3.70. The second-order valence-corrected chi connectivity index (χ2v) is 7.60. The molecule has 1 fully saturated rings. The van der Waals surface area contributed by atoms with Crippen molar-refractivity contribution >= 4 is 0 Å². The highest BCUT2D eigenvalue weighted by Crippen LogP contribution is 2.30. The van der Waals surface area contributed by atoms with Crippen molar-refractivity contribution in [2.45, 2.75) is 59.9 Å². The van der Waals surface area contributed by atoms with Crippen LogP contribution in [0.1, 0.15) is 53.9 Å². The third-order valence-corrected chi connectivity index (χ3v) is 4.00. The third kappa shape index (κ3) is 5.71. The van der Waals surface area contributed by atoms with Crippen LogP contribution in [0.4, 0.5) is 0 Å². The lowest BCUT2D eigenvalue weighted by Gasteiger charge is -2.38. The van der Waals surface area contributed by atoms with Crippen molar-refractivity contribution < 1.29 is 0 Å². The number of hydrogen-bond acceptors (Lipinski definition) is 2. The largest absolute Gasteiger partial charge is 0.314 e. The summed E-state index contributed by atoms with van der Waals surface area (Å²) in [7, 11) is 2.29. The summed E-state index contributed by atoms with van der Waals surface area (Å²) in [6.45, 7) is 15.2. The number of rotatable bonds is 5. The van der Waals surface area contributed by atoms with Gasteiger partial charge in [0.05, 0.1) is 0 Å². The lowest BCUT2D eigenvalue weighted by Crippen LogP contribution is -2.46. The molecule has 3 atom stereocenters. The highest BCUT2D eigenvalue weighted by atomic mass is 15.1. The van der Waals surface area contributed by atoms with E-state index in [-0.39, 0.29) is 0 Å². The summed E-state index contributed by atoms with van der Waals surface area (Å²) in [4.78, 5) is 2.53. The Bertz CT molecular complexity index is 232. The maximum absolute atomic E-state index is 3.70. The van der Waals surface area contributed by atoms with E-state index >= 15 is 0 Å². The van der Waals surface area contributed by atoms with Crippen molar-refractivity contribution in [3.63, 3.8) is 0 Å². The fourth-order valence-corrected chi connectivity index (χ4v) is 3.51. The van der Waals surface area contributed by atoms with Crippen LogP contribution in [0.3, 0.4) is 0 Å². The van der Waals surface area contributed by atoms with Gasteiger partial charge in [-0.3, -0.25) is 0 Å². The first kappa shape index (κ1) is 16.0. The fraction of sp³-hybridized carbons (Fsp3) is 1.00. The van der Waals surface area contributed by atoms with Crippen LogP contribution in [-0.4, -0.2) is 37.6 Å². The van der Waals surface area contributed by atoms with Crippen molar-refractivity contribution in [2.75, 3.05) is 26.7 Å². The van der Waals surface area contributed by atoms with Crippen LogP contribution in [0.5, 0.6) is 0 Å². The Morgan fingerprint density at radius 3 is 2.44 bits per heavy atom. The van der Waals surface area contributed by atoms with Gasteiger partial charge in [-0.05, 0) is 50.1 Å². The van der Waals surface area contributed by atoms with E-state index in [0.717, 1.165) is 24.4 Å². The predicted octanol–water partition coefficient (Wildman–Crippen LogP) is 3.38. The summed E-state index contributed by atoms with van der Waals surface area (Å²) in [5.74, 6) is 1.74. The van der Waals surface area contributed by atoms with Crippen LogP contribution in [0, 0.1) is 17.3 Å². The van der Waals surface area contributed by atoms with E-state index in [2.05, 4.69) is 51.9 Å². The van der Waals surface area contributed by atoms with Crippen LogP contribution in [0.15, 0.2) is 0 Å². The molecule has 0 amide bonds. The molecule has 1 aliphatic carbocycles. The minimum atomic E-state index is 0.405. The topological polar surface area (TPSA) is 15.3 Å². The van der Waals surface area contributed by atoms with Crippen LogP contribution >= 0.6 is 0 Å². The van der Waals surface area contributed by atoms with Gasteiger partial charge >= 0.3 is 0 Å². The highest BCUT2D eigenvalue weighted by molar-refractivity contribution is 4.85. The van der Waals surface area contributed by atoms with Gasteiger partial charge in [0.25, 0.3) is 0 Å². The molecular formula is C16H34N2. The summed E-state index contributed by atoms with van der Waals surface area (Å²) < 4.78 is 0. The zero-order valence-electron chi connectivity index (χ0n) is 13.4. The Hall–Kier alpha value is -0.0800. The molecule has 0 aromatic heterocycles. The molecule has 0 aliphatic heterocycles. The number of nitrogens with zero attached hydrogens (tertiary/aromatic N) is 1. The maximum atomic E-state index is 3.70. The SMILES string of the molecule is CCNC1CCC(C)CC1CN(C)CC(C)(C)C. The van der Waals surface area contributed by atoms with Gasteiger partial charge in [-0.25, -0.2) is 0 Å². The summed E-state index contributed by atoms with van der Waals surface area (Å²) in [6.07, 6.45) is 4.16. The molecule has 0 radical (unpaired) electrons. The van der Waals surface area contributed by atoms with Gasteiger partial charge < -0.3 is 10.2 Å². The van der Waals surface area contributed by atoms with Crippen LogP contribution in [0.2, 0.25) is 0 Å². The molecule has 1 aliphatic rings. The Kier molecular flexibility index (Phi) is 6.13. The highest BCUT2D eigenvalue weighted by Gasteiger charge is 2.29. The van der Waals surface area contributed by atoms with E-state index in [4.69, 9.17) is 0 Å². The molecule has 1 saturated carbocycles. The molecule has 2 heteroatoms. The summed E-state index contributed by atoms with van der Waals surface area (Å²) >= 11 is 0. The first-order chi connectivity index (χ1) is 8.31. The van der Waals surface area contributed by atoms with Crippen molar-refractivity contribution in [3.8, 4) is 0 Å². The van der Waals surface area contributed by atoms with Gasteiger partial charge in [-0.1, -0.05) is 34.6 Å². The Morgan fingerprint density at radius 2 is 1.89 bits per heavy atom. The number of nitrogens with one attached hydrogen (secondary N) is 1. The Balaban J connectivity index is 2.49. The molecule has 18 heavy (non-hydrogen) atoms. The average molecular weight is 254 g/mol. The summed E-state index contributed by atoms with van der Waals surface area (Å²) in [6, 6.07) is 0.744. The van der Waals surface area contributed by atoms with Gasteiger partial charge in [-0.15, -0.1) is 0 Å². The van der Waals surface area contributed by atoms with E-state index < -0.39 is 0 Å². The first-order valence-corrected chi connectivity index (χ1v) is 7.73. The second kappa shape index (κ2) is 6.91. The van der Waals surface area contributed by atoms with E-state index in [1.807, 2.05) is 0 Å². The molecular weight excluding hydrogens is 220 g/mol. The molecule has 2 nitrogen and oxygen atoms in total. The lowest BCUT2D eigenvalue weighted by atomic mass is 9.78. The predicted molar refractivity (Wildman–Crippen MR) is 80.9 cm³/mol. The van der Waals surface area contributed by atoms with Crippen LogP contribution in [0.25, 0.3) is 0 Å². The van der Waals surface area contributed by atoms with E-state index in [1.165, 1.54) is 32.4 Å². The minimum absolute atomic E-state index is 0.405. The zero-order valence-corrected chi connectivity index (χ0v) is 13.4. The quantitative estimate of drug-likeness (QED) is 0.809. The molecule has 1 rings (SSSR count). The molecule has 0 bridgehead atoms. The Labute approximate surface area is 115 Å². The molecule has 0 saturated heterocycles. The third-order valence-electron chi connectivity index (χ3n) is 4.00. The van der Waals surface area contributed by atoms with E-state index in [1.54, 1.807) is 0 Å². The van der Waals surface area contributed by atoms with Crippen molar-refractivity contribution in [1.82, 2.24) is 10.2 Å². The smallest absolute Gasteiger partial charge is 0.0108 e. The fourth-order valence-electron chi connectivity index (χ4n) is 3.51. The average Bonchev–Trinajstić information content (AvgIpc) is 2.19. The second-order valence-electron chi connectivity index (χ2n) is 7.60. The normalized spacial score (nSPS) is 29.8. The first-order valence-electron chi connectivity index (χ1n) is 7.73. The van der Waals surface area contributed by atoms with Gasteiger partial charge in [-0.2, -0.15) is 0 Å². The van der Waals surface area contributed by atoms with Crippen molar-refractivity contribution in [2.24, 2.45) is 17.3 Å². The standard InChI is InChI=1S/C16H34N2/c1-7-17-15-9-8-13(2)10-14(15)11-18(6)12-16(3,4)5/h13-15,17H,7-12H2,1-6H3.